The van der Waals surface area contributed by atoms with Crippen LogP contribution in [0.15, 0.2) is 45.6 Å². The quantitative estimate of drug-likeness (QED) is 0.641. The Hall–Kier alpha value is -2.58. The number of aromatic nitrogens is 2. The van der Waals surface area contributed by atoms with Crippen LogP contribution in [0.1, 0.15) is 24.3 Å². The molecule has 3 heterocycles. The van der Waals surface area contributed by atoms with Gasteiger partial charge in [0.25, 0.3) is 0 Å². The molecule has 0 radical (unpaired) electrons. The van der Waals surface area contributed by atoms with E-state index in [9.17, 15) is 9.18 Å². The van der Waals surface area contributed by atoms with Gasteiger partial charge in [-0.2, -0.15) is 16.3 Å². The zero-order valence-electron chi connectivity index (χ0n) is 16.0. The minimum atomic E-state index is -0.224. The monoisotopic (exact) mass is 414 g/mol. The van der Waals surface area contributed by atoms with Gasteiger partial charge in [-0.1, -0.05) is 23.4 Å². The van der Waals surface area contributed by atoms with E-state index >= 15 is 0 Å². The first kappa shape index (κ1) is 19.7. The summed E-state index contributed by atoms with van der Waals surface area (Å²) in [5.74, 6) is 1.04. The van der Waals surface area contributed by atoms with Crippen molar-refractivity contribution in [1.82, 2.24) is 20.4 Å². The van der Waals surface area contributed by atoms with Gasteiger partial charge in [0.05, 0.1) is 6.54 Å². The highest BCUT2D eigenvalue weighted by Crippen LogP contribution is 2.21. The summed E-state index contributed by atoms with van der Waals surface area (Å²) in [7, 11) is 0. The van der Waals surface area contributed by atoms with E-state index in [2.05, 4.69) is 20.4 Å². The van der Waals surface area contributed by atoms with Crippen LogP contribution in [-0.4, -0.2) is 40.6 Å². The molecule has 0 bridgehead atoms. The summed E-state index contributed by atoms with van der Waals surface area (Å²) in [4.78, 5) is 19.1. The number of amides is 1. The number of thiophene rings is 1. The van der Waals surface area contributed by atoms with Crippen LogP contribution in [0.5, 0.6) is 0 Å². The number of benzene rings is 1. The molecule has 0 aliphatic carbocycles. The van der Waals surface area contributed by atoms with Crippen molar-refractivity contribution in [2.24, 2.45) is 5.92 Å². The summed E-state index contributed by atoms with van der Waals surface area (Å²) in [6.45, 7) is 2.66. The fraction of sp³-hybridized carbons (Fsp3) is 0.381. The normalized spacial score (nSPS) is 15.5. The lowest BCUT2D eigenvalue weighted by Crippen LogP contribution is -2.40. The lowest BCUT2D eigenvalue weighted by molar-refractivity contribution is -0.126. The Morgan fingerprint density at radius 3 is 2.86 bits per heavy atom. The van der Waals surface area contributed by atoms with E-state index in [1.165, 1.54) is 6.07 Å². The number of carbonyl (C=O) groups is 1. The summed E-state index contributed by atoms with van der Waals surface area (Å²) in [5, 5.41) is 11.0. The first-order chi connectivity index (χ1) is 14.2. The number of halogens is 1. The number of likely N-dealkylation sites (tertiary alicyclic amines) is 1. The van der Waals surface area contributed by atoms with Crippen molar-refractivity contribution in [1.29, 1.82) is 0 Å². The molecule has 1 N–H and O–H groups in total. The number of rotatable bonds is 7. The molecule has 0 atom stereocenters. The maximum atomic E-state index is 13.6. The number of hydrogen-bond donors (Lipinski definition) is 1. The van der Waals surface area contributed by atoms with Crippen LogP contribution >= 0.6 is 11.3 Å². The molecule has 1 fully saturated rings. The Bertz CT molecular complexity index is 936. The number of hydrogen-bond acceptors (Lipinski definition) is 6. The molecule has 6 nitrogen and oxygen atoms in total. The van der Waals surface area contributed by atoms with Crippen LogP contribution in [-0.2, 0) is 17.8 Å². The molecule has 0 unspecified atom stereocenters. The first-order valence-corrected chi connectivity index (χ1v) is 10.7. The van der Waals surface area contributed by atoms with Crippen molar-refractivity contribution in [2.45, 2.75) is 25.8 Å². The zero-order valence-corrected chi connectivity index (χ0v) is 16.8. The van der Waals surface area contributed by atoms with E-state index in [4.69, 9.17) is 4.52 Å². The Balaban J connectivity index is 1.20. The zero-order chi connectivity index (χ0) is 20.1. The highest BCUT2D eigenvalue weighted by molar-refractivity contribution is 7.08. The minimum absolute atomic E-state index is 0.00378. The second-order valence-electron chi connectivity index (χ2n) is 7.21. The van der Waals surface area contributed by atoms with Gasteiger partial charge in [-0.15, -0.1) is 0 Å². The molecule has 3 aromatic rings. The van der Waals surface area contributed by atoms with E-state index in [0.717, 1.165) is 31.5 Å². The number of piperidine rings is 1. The smallest absolute Gasteiger partial charge is 0.241 e. The van der Waals surface area contributed by atoms with Crippen LogP contribution in [0.2, 0.25) is 0 Å². The maximum absolute atomic E-state index is 13.6. The molecular weight excluding hydrogens is 391 g/mol. The van der Waals surface area contributed by atoms with E-state index in [1.807, 2.05) is 22.9 Å². The molecular formula is C21H23FN4O2S. The molecule has 8 heteroatoms. The van der Waals surface area contributed by atoms with Crippen LogP contribution < -0.4 is 5.32 Å². The lowest BCUT2D eigenvalue weighted by Gasteiger charge is -2.30. The predicted octanol–water partition coefficient (Wildman–Crippen LogP) is 3.51. The maximum Gasteiger partial charge on any atom is 0.241 e. The Morgan fingerprint density at radius 1 is 1.28 bits per heavy atom. The summed E-state index contributed by atoms with van der Waals surface area (Å²) < 4.78 is 19.0. The third-order valence-electron chi connectivity index (χ3n) is 5.22. The van der Waals surface area contributed by atoms with Gasteiger partial charge in [0.1, 0.15) is 5.82 Å². The lowest BCUT2D eigenvalue weighted by atomic mass is 9.96. The summed E-state index contributed by atoms with van der Waals surface area (Å²) in [5.41, 5.74) is 1.60. The molecule has 1 aliphatic heterocycles. The van der Waals surface area contributed by atoms with Crippen molar-refractivity contribution >= 4 is 17.2 Å². The highest BCUT2D eigenvalue weighted by Gasteiger charge is 2.25. The standard InChI is InChI=1S/C21H23FN4O2S/c22-18-4-2-1-3-15(18)5-9-23-21(27)16-6-10-26(11-7-16)13-19-24-20(25-28-19)17-8-12-29-14-17/h1-4,8,12,14,16H,5-7,9-11,13H2,(H,23,27). The molecule has 0 spiro atoms. The third kappa shape index (κ3) is 5.07. The molecule has 4 rings (SSSR count). The molecule has 29 heavy (non-hydrogen) atoms. The second-order valence-corrected chi connectivity index (χ2v) is 7.99. The summed E-state index contributed by atoms with van der Waals surface area (Å²) >= 11 is 1.60. The van der Waals surface area contributed by atoms with Gasteiger partial charge < -0.3 is 9.84 Å². The van der Waals surface area contributed by atoms with Gasteiger partial charge in [0.15, 0.2) is 0 Å². The minimum Gasteiger partial charge on any atom is -0.356 e. The SMILES string of the molecule is O=C(NCCc1ccccc1F)C1CCN(Cc2nc(-c3ccsc3)no2)CC1. The molecule has 2 aromatic heterocycles. The third-order valence-corrected chi connectivity index (χ3v) is 5.90. The van der Waals surface area contributed by atoms with E-state index in [-0.39, 0.29) is 17.6 Å². The topological polar surface area (TPSA) is 71.3 Å². The molecule has 0 saturated carbocycles. The van der Waals surface area contributed by atoms with Gasteiger partial charge >= 0.3 is 0 Å². The van der Waals surface area contributed by atoms with Crippen molar-refractivity contribution < 1.29 is 13.7 Å². The number of nitrogens with zero attached hydrogens (tertiary/aromatic N) is 3. The number of nitrogens with one attached hydrogen (secondary N) is 1. The van der Waals surface area contributed by atoms with Gasteiger partial charge in [-0.25, -0.2) is 4.39 Å². The van der Waals surface area contributed by atoms with Crippen molar-refractivity contribution in [3.63, 3.8) is 0 Å². The van der Waals surface area contributed by atoms with Gasteiger partial charge in [0.2, 0.25) is 17.6 Å². The average molecular weight is 415 g/mol. The fourth-order valence-corrected chi connectivity index (χ4v) is 4.17. The Labute approximate surface area is 172 Å². The van der Waals surface area contributed by atoms with Crippen LogP contribution in [0, 0.1) is 11.7 Å². The van der Waals surface area contributed by atoms with Crippen molar-refractivity contribution in [3.05, 3.63) is 58.4 Å². The van der Waals surface area contributed by atoms with Crippen molar-refractivity contribution in [2.75, 3.05) is 19.6 Å². The second kappa shape index (κ2) is 9.28. The fourth-order valence-electron chi connectivity index (χ4n) is 3.54. The molecule has 152 valence electrons. The molecule has 1 amide bonds. The Morgan fingerprint density at radius 2 is 2.10 bits per heavy atom. The van der Waals surface area contributed by atoms with E-state index in [1.54, 1.807) is 23.5 Å². The van der Waals surface area contributed by atoms with Gasteiger partial charge in [-0.3, -0.25) is 9.69 Å². The molecule has 1 saturated heterocycles. The van der Waals surface area contributed by atoms with Gasteiger partial charge in [-0.05, 0) is 55.4 Å². The molecule has 1 aromatic carbocycles. The number of carbonyl (C=O) groups excluding carboxylic acids is 1. The highest BCUT2D eigenvalue weighted by atomic mass is 32.1. The van der Waals surface area contributed by atoms with Crippen LogP contribution in [0.25, 0.3) is 11.4 Å². The van der Waals surface area contributed by atoms with E-state index in [0.29, 0.717) is 36.8 Å². The van der Waals surface area contributed by atoms with Crippen molar-refractivity contribution in [3.8, 4) is 11.4 Å². The van der Waals surface area contributed by atoms with Gasteiger partial charge in [0, 0.05) is 23.4 Å². The average Bonchev–Trinajstić information content (AvgIpc) is 3.42. The van der Waals surface area contributed by atoms with Crippen LogP contribution in [0.3, 0.4) is 0 Å². The Kier molecular flexibility index (Phi) is 6.31. The first-order valence-electron chi connectivity index (χ1n) is 9.77. The molecule has 1 aliphatic rings. The summed E-state index contributed by atoms with van der Waals surface area (Å²) in [6.07, 6.45) is 2.08. The van der Waals surface area contributed by atoms with E-state index < -0.39 is 0 Å². The predicted molar refractivity (Wildman–Crippen MR) is 109 cm³/mol. The summed E-state index contributed by atoms with van der Waals surface area (Å²) in [6, 6.07) is 8.64. The van der Waals surface area contributed by atoms with Crippen LogP contribution in [0.4, 0.5) is 4.39 Å². The largest absolute Gasteiger partial charge is 0.356 e.